The summed E-state index contributed by atoms with van der Waals surface area (Å²) in [6.07, 6.45) is 3.71. The number of hydrogen-bond acceptors (Lipinski definition) is 5. The minimum absolute atomic E-state index is 0.699. The molecule has 0 atom stereocenters. The van der Waals surface area contributed by atoms with E-state index in [9.17, 15) is 0 Å². The number of nitrogens with one attached hydrogen (secondary N) is 1. The van der Waals surface area contributed by atoms with E-state index in [1.54, 1.807) is 0 Å². The molecule has 0 saturated carbocycles. The van der Waals surface area contributed by atoms with Gasteiger partial charge in [-0.1, -0.05) is 6.92 Å². The van der Waals surface area contributed by atoms with Crippen LogP contribution in [-0.4, -0.2) is 47.7 Å². The van der Waals surface area contributed by atoms with Crippen LogP contribution in [0.3, 0.4) is 0 Å². The fourth-order valence-corrected chi connectivity index (χ4v) is 2.44. The Hall–Kier alpha value is -1.36. The quantitative estimate of drug-likeness (QED) is 0.830. The van der Waals surface area contributed by atoms with Crippen LogP contribution in [0.25, 0.3) is 0 Å². The molecule has 5 nitrogen and oxygen atoms in total. The minimum atomic E-state index is 0.699. The fraction of sp³-hybridized carbons (Fsp3) is 0.733. The van der Waals surface area contributed by atoms with Crippen molar-refractivity contribution in [2.24, 2.45) is 0 Å². The van der Waals surface area contributed by atoms with Gasteiger partial charge in [-0.15, -0.1) is 0 Å². The van der Waals surface area contributed by atoms with E-state index >= 15 is 0 Å². The van der Waals surface area contributed by atoms with Gasteiger partial charge in [0.2, 0.25) is 5.88 Å². The number of hydrogen-bond donors (Lipinski definition) is 1. The first-order valence-corrected chi connectivity index (χ1v) is 7.65. The number of ether oxygens (including phenoxy) is 1. The van der Waals surface area contributed by atoms with Crippen molar-refractivity contribution in [1.82, 2.24) is 14.9 Å². The van der Waals surface area contributed by atoms with Gasteiger partial charge in [0, 0.05) is 13.1 Å². The average Bonchev–Trinajstić information content (AvgIpc) is 2.94. The van der Waals surface area contributed by atoms with Crippen LogP contribution in [0.15, 0.2) is 0 Å². The molecule has 0 spiro atoms. The van der Waals surface area contributed by atoms with Gasteiger partial charge in [0.25, 0.3) is 0 Å². The lowest BCUT2D eigenvalue weighted by Gasteiger charge is -2.16. The Kier molecular flexibility index (Phi) is 5.59. The maximum atomic E-state index is 5.87. The molecule has 2 heterocycles. The van der Waals surface area contributed by atoms with Gasteiger partial charge in [-0.25, -0.2) is 4.98 Å². The van der Waals surface area contributed by atoms with E-state index in [4.69, 9.17) is 4.74 Å². The van der Waals surface area contributed by atoms with E-state index in [0.717, 1.165) is 42.6 Å². The highest BCUT2D eigenvalue weighted by Crippen LogP contribution is 2.22. The molecule has 1 aromatic rings. The number of anilines is 1. The molecule has 0 amide bonds. The number of aryl methyl sites for hydroxylation is 1. The zero-order chi connectivity index (χ0) is 14.4. The molecule has 5 heteroatoms. The van der Waals surface area contributed by atoms with Gasteiger partial charge in [0.15, 0.2) is 0 Å². The summed E-state index contributed by atoms with van der Waals surface area (Å²) in [5.74, 6) is 2.37. The largest absolute Gasteiger partial charge is 0.476 e. The van der Waals surface area contributed by atoms with Gasteiger partial charge < -0.3 is 10.1 Å². The van der Waals surface area contributed by atoms with Crippen LogP contribution < -0.4 is 10.1 Å². The SMILES string of the molecule is CCCNc1nc(C)nc(OCCN2CCCC2)c1C. The lowest BCUT2D eigenvalue weighted by molar-refractivity contribution is 0.230. The molecule has 0 radical (unpaired) electrons. The van der Waals surface area contributed by atoms with Crippen molar-refractivity contribution < 1.29 is 4.74 Å². The Bertz CT molecular complexity index is 430. The van der Waals surface area contributed by atoms with Gasteiger partial charge in [-0.05, 0) is 46.2 Å². The van der Waals surface area contributed by atoms with Crippen LogP contribution in [0.2, 0.25) is 0 Å². The molecule has 20 heavy (non-hydrogen) atoms. The Balaban J connectivity index is 1.93. The summed E-state index contributed by atoms with van der Waals surface area (Å²) in [7, 11) is 0. The molecule has 1 saturated heterocycles. The summed E-state index contributed by atoms with van der Waals surface area (Å²) < 4.78 is 5.87. The highest BCUT2D eigenvalue weighted by molar-refractivity contribution is 5.48. The van der Waals surface area contributed by atoms with E-state index in [-0.39, 0.29) is 0 Å². The topological polar surface area (TPSA) is 50.3 Å². The Morgan fingerprint density at radius 1 is 1.20 bits per heavy atom. The average molecular weight is 278 g/mol. The van der Waals surface area contributed by atoms with Crippen molar-refractivity contribution in [2.75, 3.05) is 38.1 Å². The molecular formula is C15H26N4O. The van der Waals surface area contributed by atoms with Crippen LogP contribution >= 0.6 is 0 Å². The first kappa shape index (κ1) is 15.0. The van der Waals surface area contributed by atoms with Crippen LogP contribution in [-0.2, 0) is 0 Å². The second-order valence-electron chi connectivity index (χ2n) is 5.37. The molecule has 1 N–H and O–H groups in total. The predicted octanol–water partition coefficient (Wildman–Crippen LogP) is 2.39. The third-order valence-corrected chi connectivity index (χ3v) is 3.60. The molecular weight excluding hydrogens is 252 g/mol. The normalized spacial score (nSPS) is 15.6. The van der Waals surface area contributed by atoms with Crippen molar-refractivity contribution in [3.63, 3.8) is 0 Å². The zero-order valence-electron chi connectivity index (χ0n) is 12.9. The summed E-state index contributed by atoms with van der Waals surface area (Å²) in [6.45, 7) is 11.1. The third kappa shape index (κ3) is 4.07. The number of nitrogens with zero attached hydrogens (tertiary/aromatic N) is 3. The number of rotatable bonds is 7. The second kappa shape index (κ2) is 7.43. The summed E-state index contributed by atoms with van der Waals surface area (Å²) in [4.78, 5) is 11.3. The van der Waals surface area contributed by atoms with Crippen LogP contribution in [0.4, 0.5) is 5.82 Å². The van der Waals surface area contributed by atoms with Crippen molar-refractivity contribution in [3.05, 3.63) is 11.4 Å². The van der Waals surface area contributed by atoms with Crippen molar-refractivity contribution in [1.29, 1.82) is 0 Å². The lowest BCUT2D eigenvalue weighted by atomic mass is 10.3. The molecule has 0 aliphatic carbocycles. The van der Waals surface area contributed by atoms with Crippen LogP contribution in [0.5, 0.6) is 5.88 Å². The molecule has 1 aliphatic rings. The molecule has 112 valence electrons. The van der Waals surface area contributed by atoms with E-state index in [1.165, 1.54) is 25.9 Å². The summed E-state index contributed by atoms with van der Waals surface area (Å²) >= 11 is 0. The van der Waals surface area contributed by atoms with Crippen LogP contribution in [0, 0.1) is 13.8 Å². The Labute approximate surface area is 121 Å². The van der Waals surface area contributed by atoms with E-state index in [0.29, 0.717) is 6.61 Å². The summed E-state index contributed by atoms with van der Waals surface area (Å²) in [5, 5.41) is 3.33. The van der Waals surface area contributed by atoms with Crippen molar-refractivity contribution >= 4 is 5.82 Å². The first-order valence-electron chi connectivity index (χ1n) is 7.65. The molecule has 1 aliphatic heterocycles. The molecule has 0 aromatic carbocycles. The van der Waals surface area contributed by atoms with Gasteiger partial charge in [0.05, 0.1) is 5.56 Å². The van der Waals surface area contributed by atoms with E-state index in [2.05, 4.69) is 27.1 Å². The summed E-state index contributed by atoms with van der Waals surface area (Å²) in [6, 6.07) is 0. The zero-order valence-corrected chi connectivity index (χ0v) is 12.9. The molecule has 0 bridgehead atoms. The van der Waals surface area contributed by atoms with Gasteiger partial charge in [-0.2, -0.15) is 4.98 Å². The third-order valence-electron chi connectivity index (χ3n) is 3.60. The standard InChI is InChI=1S/C15H26N4O/c1-4-7-16-14-12(2)15(18-13(3)17-14)20-11-10-19-8-5-6-9-19/h4-11H2,1-3H3,(H,16,17,18). The first-order chi connectivity index (χ1) is 9.70. The molecule has 1 aromatic heterocycles. The molecule has 0 unspecified atom stereocenters. The highest BCUT2D eigenvalue weighted by atomic mass is 16.5. The molecule has 1 fully saturated rings. The van der Waals surface area contributed by atoms with Gasteiger partial charge >= 0.3 is 0 Å². The van der Waals surface area contributed by atoms with Crippen molar-refractivity contribution in [2.45, 2.75) is 40.0 Å². The summed E-state index contributed by atoms with van der Waals surface area (Å²) in [5.41, 5.74) is 1.01. The number of likely N-dealkylation sites (tertiary alicyclic amines) is 1. The Morgan fingerprint density at radius 2 is 1.95 bits per heavy atom. The predicted molar refractivity (Wildman–Crippen MR) is 81.5 cm³/mol. The fourth-order valence-electron chi connectivity index (χ4n) is 2.44. The van der Waals surface area contributed by atoms with Gasteiger partial charge in [0.1, 0.15) is 18.2 Å². The van der Waals surface area contributed by atoms with E-state index in [1.807, 2.05) is 13.8 Å². The minimum Gasteiger partial charge on any atom is -0.476 e. The van der Waals surface area contributed by atoms with E-state index < -0.39 is 0 Å². The lowest BCUT2D eigenvalue weighted by Crippen LogP contribution is -2.25. The van der Waals surface area contributed by atoms with Crippen LogP contribution in [0.1, 0.15) is 37.6 Å². The highest BCUT2D eigenvalue weighted by Gasteiger charge is 2.13. The number of aromatic nitrogens is 2. The smallest absolute Gasteiger partial charge is 0.221 e. The molecule has 2 rings (SSSR count). The maximum absolute atomic E-state index is 5.87. The monoisotopic (exact) mass is 278 g/mol. The Morgan fingerprint density at radius 3 is 2.65 bits per heavy atom. The second-order valence-corrected chi connectivity index (χ2v) is 5.37. The maximum Gasteiger partial charge on any atom is 0.221 e. The van der Waals surface area contributed by atoms with Crippen molar-refractivity contribution in [3.8, 4) is 5.88 Å². The van der Waals surface area contributed by atoms with Gasteiger partial charge in [-0.3, -0.25) is 4.90 Å².